The van der Waals surface area contributed by atoms with E-state index in [-0.39, 0.29) is 5.82 Å². The van der Waals surface area contributed by atoms with Crippen LogP contribution in [0.4, 0.5) is 10.2 Å². The van der Waals surface area contributed by atoms with E-state index < -0.39 is 0 Å². The molecule has 0 saturated carbocycles. The van der Waals surface area contributed by atoms with Gasteiger partial charge in [-0.1, -0.05) is 24.3 Å². The van der Waals surface area contributed by atoms with Crippen LogP contribution in [0.25, 0.3) is 10.8 Å². The van der Waals surface area contributed by atoms with E-state index in [1.165, 1.54) is 6.07 Å². The molecule has 0 unspecified atom stereocenters. The quantitative estimate of drug-likeness (QED) is 0.308. The summed E-state index contributed by atoms with van der Waals surface area (Å²) in [5, 5.41) is 1.69. The van der Waals surface area contributed by atoms with Crippen molar-refractivity contribution in [2.45, 2.75) is 13.1 Å². The van der Waals surface area contributed by atoms with Crippen LogP contribution in [0, 0.1) is 5.82 Å². The first-order valence-corrected chi connectivity index (χ1v) is 10.6. The van der Waals surface area contributed by atoms with Crippen LogP contribution in [-0.4, -0.2) is 19.2 Å². The largest absolute Gasteiger partial charge is 0.497 e. The van der Waals surface area contributed by atoms with Gasteiger partial charge in [-0.2, -0.15) is 0 Å². The molecule has 0 amide bonds. The predicted octanol–water partition coefficient (Wildman–Crippen LogP) is 6.36. The Balaban J connectivity index is 1.69. The summed E-state index contributed by atoms with van der Waals surface area (Å²) in [4.78, 5) is 6.83. The van der Waals surface area contributed by atoms with Crippen LogP contribution in [-0.2, 0) is 13.1 Å². The average Bonchev–Trinajstić information content (AvgIpc) is 2.80. The Bertz CT molecular complexity index is 1130. The second kappa shape index (κ2) is 9.35. The van der Waals surface area contributed by atoms with Gasteiger partial charge in [0.15, 0.2) is 0 Å². The number of hydrogen-bond donors (Lipinski definition) is 0. The minimum Gasteiger partial charge on any atom is -0.497 e. The molecule has 6 heteroatoms. The summed E-state index contributed by atoms with van der Waals surface area (Å²) in [6.07, 6.45) is 1.72. The monoisotopic (exact) mass is 480 g/mol. The maximum Gasteiger partial charge on any atom is 0.138 e. The number of aromatic nitrogens is 1. The second-order valence-corrected chi connectivity index (χ2v) is 8.06. The minimum absolute atomic E-state index is 0.296. The van der Waals surface area contributed by atoms with Crippen LogP contribution in [0.5, 0.6) is 11.5 Å². The number of nitrogens with zero attached hydrogens (tertiary/aromatic N) is 2. The number of ether oxygens (including phenoxy) is 2. The van der Waals surface area contributed by atoms with Crippen molar-refractivity contribution in [3.63, 3.8) is 0 Å². The summed E-state index contributed by atoms with van der Waals surface area (Å²) in [6.45, 7) is 1.33. The molecule has 3 aromatic carbocycles. The summed E-state index contributed by atoms with van der Waals surface area (Å²) in [5.74, 6) is 2.16. The van der Waals surface area contributed by atoms with E-state index in [2.05, 4.69) is 25.8 Å². The van der Waals surface area contributed by atoms with E-state index in [1.807, 2.05) is 54.6 Å². The summed E-state index contributed by atoms with van der Waals surface area (Å²) < 4.78 is 24.9. The van der Waals surface area contributed by atoms with Gasteiger partial charge in [0.25, 0.3) is 0 Å². The van der Waals surface area contributed by atoms with Gasteiger partial charge in [-0.3, -0.25) is 0 Å². The van der Waals surface area contributed by atoms with Gasteiger partial charge in [0.1, 0.15) is 23.1 Å². The Morgan fingerprint density at radius 2 is 1.35 bits per heavy atom. The van der Waals surface area contributed by atoms with E-state index in [1.54, 1.807) is 26.5 Å². The summed E-state index contributed by atoms with van der Waals surface area (Å²) in [7, 11) is 3.32. The lowest BCUT2D eigenvalue weighted by atomic mass is 10.1. The van der Waals surface area contributed by atoms with Crippen molar-refractivity contribution in [3.05, 3.63) is 94.3 Å². The number of anilines is 1. The van der Waals surface area contributed by atoms with Crippen molar-refractivity contribution in [1.29, 1.82) is 0 Å². The van der Waals surface area contributed by atoms with Gasteiger partial charge >= 0.3 is 0 Å². The Labute approximate surface area is 189 Å². The Hall–Kier alpha value is -3.12. The van der Waals surface area contributed by atoms with Gasteiger partial charge in [-0.25, -0.2) is 9.37 Å². The van der Waals surface area contributed by atoms with Crippen LogP contribution in [0.1, 0.15) is 11.1 Å². The second-order valence-electron chi connectivity index (χ2n) is 7.21. The van der Waals surface area contributed by atoms with Crippen molar-refractivity contribution >= 4 is 32.5 Å². The molecule has 4 aromatic rings. The Morgan fingerprint density at radius 1 is 0.806 bits per heavy atom. The Kier molecular flexibility index (Phi) is 6.37. The van der Waals surface area contributed by atoms with E-state index in [0.717, 1.165) is 39.2 Å². The average molecular weight is 481 g/mol. The SMILES string of the molecule is COc1ccc(CN(Cc2ccc(OC)cc2)c2cc3cc(Br)c(F)cc3cn2)cc1. The molecule has 4 rings (SSSR count). The zero-order valence-corrected chi connectivity index (χ0v) is 18.9. The van der Waals surface area contributed by atoms with Crippen molar-refractivity contribution < 1.29 is 13.9 Å². The van der Waals surface area contributed by atoms with E-state index in [9.17, 15) is 4.39 Å². The van der Waals surface area contributed by atoms with Crippen LogP contribution in [0.3, 0.4) is 0 Å². The van der Waals surface area contributed by atoms with Gasteiger partial charge in [0, 0.05) is 24.7 Å². The zero-order chi connectivity index (χ0) is 21.8. The zero-order valence-electron chi connectivity index (χ0n) is 17.3. The van der Waals surface area contributed by atoms with Gasteiger partial charge in [-0.15, -0.1) is 0 Å². The molecule has 0 aliphatic carbocycles. The maximum absolute atomic E-state index is 13.9. The first kappa shape index (κ1) is 21.1. The summed E-state index contributed by atoms with van der Waals surface area (Å²) >= 11 is 3.28. The first-order valence-electron chi connectivity index (χ1n) is 9.81. The molecule has 0 aliphatic rings. The highest BCUT2D eigenvalue weighted by atomic mass is 79.9. The summed E-state index contributed by atoms with van der Waals surface area (Å²) in [5.41, 5.74) is 2.27. The number of halogens is 2. The molecule has 158 valence electrons. The number of rotatable bonds is 7. The van der Waals surface area contributed by atoms with Crippen LogP contribution in [0.2, 0.25) is 0 Å². The third kappa shape index (κ3) is 4.97. The first-order chi connectivity index (χ1) is 15.1. The highest BCUT2D eigenvalue weighted by Crippen LogP contribution is 2.27. The van der Waals surface area contributed by atoms with Gasteiger partial charge in [0.2, 0.25) is 0 Å². The van der Waals surface area contributed by atoms with Crippen molar-refractivity contribution in [2.24, 2.45) is 0 Å². The topological polar surface area (TPSA) is 34.6 Å². The minimum atomic E-state index is -0.296. The van der Waals surface area contributed by atoms with Crippen molar-refractivity contribution in [1.82, 2.24) is 4.98 Å². The van der Waals surface area contributed by atoms with Gasteiger partial charge < -0.3 is 14.4 Å². The predicted molar refractivity (Wildman–Crippen MR) is 125 cm³/mol. The van der Waals surface area contributed by atoms with Crippen LogP contribution >= 0.6 is 15.9 Å². The van der Waals surface area contributed by atoms with Gasteiger partial charge in [0.05, 0.1) is 18.7 Å². The lowest BCUT2D eigenvalue weighted by Crippen LogP contribution is -2.23. The highest BCUT2D eigenvalue weighted by Gasteiger charge is 2.13. The molecule has 0 spiro atoms. The molecule has 31 heavy (non-hydrogen) atoms. The highest BCUT2D eigenvalue weighted by molar-refractivity contribution is 9.10. The molecule has 0 N–H and O–H groups in total. The molecule has 0 bridgehead atoms. The fourth-order valence-corrected chi connectivity index (χ4v) is 3.78. The third-order valence-electron chi connectivity index (χ3n) is 5.14. The van der Waals surface area contributed by atoms with Gasteiger partial charge in [-0.05, 0) is 74.9 Å². The Morgan fingerprint density at radius 3 is 1.87 bits per heavy atom. The lowest BCUT2D eigenvalue weighted by Gasteiger charge is -2.25. The summed E-state index contributed by atoms with van der Waals surface area (Å²) in [6, 6.07) is 21.3. The lowest BCUT2D eigenvalue weighted by molar-refractivity contribution is 0.414. The number of methoxy groups -OCH3 is 2. The molecule has 0 atom stereocenters. The molecule has 0 saturated heterocycles. The molecule has 1 heterocycles. The molecular formula is C25H22BrFN2O2. The molecule has 4 nitrogen and oxygen atoms in total. The maximum atomic E-state index is 13.9. The molecule has 0 fully saturated rings. The number of fused-ring (bicyclic) bond motifs is 1. The standard InChI is InChI=1S/C25H22BrFN2O2/c1-30-21-7-3-17(4-8-21)15-29(16-18-5-9-22(31-2)10-6-18)25-13-19-11-23(26)24(27)12-20(19)14-28-25/h3-14H,15-16H2,1-2H3. The van der Waals surface area contributed by atoms with Crippen LogP contribution < -0.4 is 14.4 Å². The third-order valence-corrected chi connectivity index (χ3v) is 5.74. The van der Waals surface area contributed by atoms with E-state index in [4.69, 9.17) is 9.47 Å². The van der Waals surface area contributed by atoms with Crippen LogP contribution in [0.15, 0.2) is 77.4 Å². The van der Waals surface area contributed by atoms with E-state index in [0.29, 0.717) is 17.6 Å². The molecule has 0 radical (unpaired) electrons. The number of pyridine rings is 1. The van der Waals surface area contributed by atoms with Crippen molar-refractivity contribution in [2.75, 3.05) is 19.1 Å². The molecular weight excluding hydrogens is 459 g/mol. The smallest absolute Gasteiger partial charge is 0.138 e. The number of hydrogen-bond acceptors (Lipinski definition) is 4. The fraction of sp³-hybridized carbons (Fsp3) is 0.160. The molecule has 1 aromatic heterocycles. The van der Waals surface area contributed by atoms with E-state index >= 15 is 0 Å². The van der Waals surface area contributed by atoms with Crippen molar-refractivity contribution in [3.8, 4) is 11.5 Å². The fourth-order valence-electron chi connectivity index (χ4n) is 3.42. The molecule has 0 aliphatic heterocycles. The normalized spacial score (nSPS) is 10.8. The number of benzene rings is 3.